The van der Waals surface area contributed by atoms with Crippen LogP contribution in [0, 0.1) is 19.3 Å². The summed E-state index contributed by atoms with van der Waals surface area (Å²) in [6.45, 7) is 10.5. The van der Waals surface area contributed by atoms with Gasteiger partial charge in [0.2, 0.25) is 0 Å². The Hall–Kier alpha value is -3.81. The molecule has 1 atom stereocenters. The van der Waals surface area contributed by atoms with E-state index in [1.807, 2.05) is 38.1 Å². The molecular formula is C33H38F3NO4. The van der Waals surface area contributed by atoms with E-state index in [1.165, 1.54) is 19.2 Å². The lowest BCUT2D eigenvalue weighted by atomic mass is 9.88. The minimum absolute atomic E-state index is 0.0827. The Balaban J connectivity index is 1.82. The number of nitrogens with one attached hydrogen (secondary N) is 1. The number of hydrogen-bond donors (Lipinski definition) is 1. The number of alkyl halides is 3. The average molecular weight is 570 g/mol. The van der Waals surface area contributed by atoms with Crippen molar-refractivity contribution in [2.24, 2.45) is 5.41 Å². The quantitative estimate of drug-likeness (QED) is 0.250. The van der Waals surface area contributed by atoms with Crippen LogP contribution in [0.3, 0.4) is 0 Å². The van der Waals surface area contributed by atoms with Crippen molar-refractivity contribution in [3.05, 3.63) is 88.5 Å². The van der Waals surface area contributed by atoms with Gasteiger partial charge in [0.1, 0.15) is 11.9 Å². The second-order valence-corrected chi connectivity index (χ2v) is 11.4. The molecule has 5 nitrogen and oxygen atoms in total. The highest BCUT2D eigenvalue weighted by molar-refractivity contribution is 5.94. The zero-order valence-corrected chi connectivity index (χ0v) is 24.4. The van der Waals surface area contributed by atoms with E-state index in [1.54, 1.807) is 12.1 Å². The highest BCUT2D eigenvalue weighted by Gasteiger charge is 2.30. The van der Waals surface area contributed by atoms with Gasteiger partial charge in [0.25, 0.3) is 5.91 Å². The fourth-order valence-electron chi connectivity index (χ4n) is 4.63. The largest absolute Gasteiger partial charge is 0.486 e. The average Bonchev–Trinajstić information content (AvgIpc) is 2.90. The lowest BCUT2D eigenvalue weighted by molar-refractivity contribution is -0.140. The molecule has 0 aromatic heterocycles. The molecule has 0 fully saturated rings. The van der Waals surface area contributed by atoms with Gasteiger partial charge in [-0.15, -0.1) is 0 Å². The predicted molar refractivity (Wildman–Crippen MR) is 154 cm³/mol. The van der Waals surface area contributed by atoms with E-state index in [2.05, 4.69) is 30.8 Å². The molecule has 3 aromatic rings. The summed E-state index contributed by atoms with van der Waals surface area (Å²) in [5.74, 6) is -0.00530. The first kappa shape index (κ1) is 31.7. The van der Waals surface area contributed by atoms with Gasteiger partial charge in [0.05, 0.1) is 19.1 Å². The third kappa shape index (κ3) is 9.10. The summed E-state index contributed by atoms with van der Waals surface area (Å²) in [6.07, 6.45) is -2.92. The van der Waals surface area contributed by atoms with Crippen molar-refractivity contribution in [1.82, 2.24) is 5.32 Å². The Morgan fingerprint density at radius 2 is 1.49 bits per heavy atom. The monoisotopic (exact) mass is 569 g/mol. The zero-order chi connectivity index (χ0) is 30.4. The number of ether oxygens (including phenoxy) is 2. The van der Waals surface area contributed by atoms with Gasteiger partial charge >= 0.3 is 12.1 Å². The first-order chi connectivity index (χ1) is 19.2. The Morgan fingerprint density at radius 1 is 0.902 bits per heavy atom. The lowest BCUT2D eigenvalue weighted by Crippen LogP contribution is -2.26. The summed E-state index contributed by atoms with van der Waals surface area (Å²) in [7, 11) is 1.30. The molecule has 220 valence electrons. The molecule has 0 radical (unpaired) electrons. The van der Waals surface area contributed by atoms with Crippen molar-refractivity contribution >= 4 is 11.9 Å². The molecule has 0 aliphatic heterocycles. The summed E-state index contributed by atoms with van der Waals surface area (Å²) in [5.41, 5.74) is 4.18. The van der Waals surface area contributed by atoms with Crippen LogP contribution in [-0.4, -0.2) is 25.5 Å². The van der Waals surface area contributed by atoms with Crippen molar-refractivity contribution in [2.75, 3.05) is 13.7 Å². The van der Waals surface area contributed by atoms with Gasteiger partial charge in [0.15, 0.2) is 0 Å². The van der Waals surface area contributed by atoms with Gasteiger partial charge < -0.3 is 14.8 Å². The Kier molecular flexibility index (Phi) is 10.2. The smallest absolute Gasteiger partial charge is 0.416 e. The van der Waals surface area contributed by atoms with Gasteiger partial charge in [-0.2, -0.15) is 13.2 Å². The van der Waals surface area contributed by atoms with E-state index in [0.29, 0.717) is 16.9 Å². The van der Waals surface area contributed by atoms with Crippen LogP contribution in [0.5, 0.6) is 5.75 Å². The summed E-state index contributed by atoms with van der Waals surface area (Å²) >= 11 is 0. The molecule has 0 heterocycles. The van der Waals surface area contributed by atoms with E-state index >= 15 is 0 Å². The molecule has 0 saturated carbocycles. The summed E-state index contributed by atoms with van der Waals surface area (Å²) in [4.78, 5) is 23.8. The number of methoxy groups -OCH3 is 1. The fourth-order valence-corrected chi connectivity index (χ4v) is 4.63. The highest BCUT2D eigenvalue weighted by atomic mass is 19.4. The Bertz CT molecular complexity index is 1320. The fraction of sp³-hybridized carbons (Fsp3) is 0.394. The number of carbonyl (C=O) groups is 2. The third-order valence-electron chi connectivity index (χ3n) is 6.83. The maximum Gasteiger partial charge on any atom is 0.416 e. The molecule has 41 heavy (non-hydrogen) atoms. The number of hydrogen-bond acceptors (Lipinski definition) is 4. The predicted octanol–water partition coefficient (Wildman–Crippen LogP) is 8.23. The standard InChI is InChI=1S/C33H38F3NO4/c1-21-19-27(20-22(2)30(21)24-11-13-26(14-12-24)33(34,35)36)41-28(15-17-32(3,4)5)23-7-9-25(10-8-23)31(39)37-18-16-29(38)40-6/h7-14,19-20,28H,15-18H2,1-6H3,(H,37,39). The first-order valence-corrected chi connectivity index (χ1v) is 13.6. The maximum absolute atomic E-state index is 13.0. The van der Waals surface area contributed by atoms with E-state index in [4.69, 9.17) is 4.74 Å². The van der Waals surface area contributed by atoms with Crippen LogP contribution in [0.1, 0.15) is 78.7 Å². The molecule has 3 aromatic carbocycles. The molecule has 0 saturated heterocycles. The molecule has 3 rings (SSSR count). The number of rotatable bonds is 10. The van der Waals surface area contributed by atoms with Crippen LogP contribution in [0.2, 0.25) is 0 Å². The number of esters is 1. The topological polar surface area (TPSA) is 64.6 Å². The van der Waals surface area contributed by atoms with Gasteiger partial charge in [-0.05, 0) is 96.3 Å². The van der Waals surface area contributed by atoms with Crippen molar-refractivity contribution in [3.63, 3.8) is 0 Å². The van der Waals surface area contributed by atoms with Crippen LogP contribution >= 0.6 is 0 Å². The van der Waals surface area contributed by atoms with E-state index in [0.717, 1.165) is 47.2 Å². The maximum atomic E-state index is 13.0. The number of amides is 1. The molecule has 1 amide bonds. The van der Waals surface area contributed by atoms with Gasteiger partial charge in [-0.25, -0.2) is 0 Å². The Labute approximate surface area is 240 Å². The molecule has 0 aliphatic rings. The van der Waals surface area contributed by atoms with Crippen molar-refractivity contribution in [2.45, 2.75) is 66.2 Å². The summed E-state index contributed by atoms with van der Waals surface area (Å²) in [6, 6.07) is 16.2. The van der Waals surface area contributed by atoms with Gasteiger partial charge in [-0.3, -0.25) is 9.59 Å². The number of carbonyl (C=O) groups excluding carboxylic acids is 2. The minimum Gasteiger partial charge on any atom is -0.486 e. The Morgan fingerprint density at radius 3 is 2.00 bits per heavy atom. The zero-order valence-electron chi connectivity index (χ0n) is 24.4. The van der Waals surface area contributed by atoms with Crippen LogP contribution < -0.4 is 10.1 Å². The molecule has 0 aliphatic carbocycles. The number of aryl methyl sites for hydroxylation is 2. The van der Waals surface area contributed by atoms with Gasteiger partial charge in [0, 0.05) is 12.1 Å². The normalized spacial score (nSPS) is 12.5. The van der Waals surface area contributed by atoms with Crippen LogP contribution in [0.15, 0.2) is 60.7 Å². The third-order valence-corrected chi connectivity index (χ3v) is 6.83. The van der Waals surface area contributed by atoms with E-state index in [9.17, 15) is 22.8 Å². The lowest BCUT2D eigenvalue weighted by Gasteiger charge is -2.25. The molecular weight excluding hydrogens is 531 g/mol. The van der Waals surface area contributed by atoms with Crippen molar-refractivity contribution in [1.29, 1.82) is 0 Å². The van der Waals surface area contributed by atoms with E-state index in [-0.39, 0.29) is 30.4 Å². The van der Waals surface area contributed by atoms with Crippen molar-refractivity contribution in [3.8, 4) is 16.9 Å². The summed E-state index contributed by atoms with van der Waals surface area (Å²) < 4.78 is 50.2. The molecule has 1 unspecified atom stereocenters. The molecule has 8 heteroatoms. The molecule has 0 bridgehead atoms. The van der Waals surface area contributed by atoms with Crippen molar-refractivity contribution < 1.29 is 32.2 Å². The SMILES string of the molecule is COC(=O)CCNC(=O)c1ccc(C(CCC(C)(C)C)Oc2cc(C)c(-c3ccc(C(F)(F)F)cc3)c(C)c2)cc1. The van der Waals surface area contributed by atoms with Gasteiger partial charge in [-0.1, -0.05) is 45.0 Å². The van der Waals surface area contributed by atoms with Crippen LogP contribution in [0.4, 0.5) is 13.2 Å². The minimum atomic E-state index is -4.38. The first-order valence-electron chi connectivity index (χ1n) is 13.6. The van der Waals surface area contributed by atoms with Crippen LogP contribution in [0.25, 0.3) is 11.1 Å². The van der Waals surface area contributed by atoms with E-state index < -0.39 is 17.7 Å². The second kappa shape index (κ2) is 13.2. The number of halogens is 3. The highest BCUT2D eigenvalue weighted by Crippen LogP contribution is 2.37. The summed E-state index contributed by atoms with van der Waals surface area (Å²) in [5, 5.41) is 2.71. The molecule has 1 N–H and O–H groups in total. The van der Waals surface area contributed by atoms with Crippen LogP contribution in [-0.2, 0) is 15.7 Å². The number of benzene rings is 3. The molecule has 0 spiro atoms. The second-order valence-electron chi connectivity index (χ2n) is 11.4.